The van der Waals surface area contributed by atoms with Gasteiger partial charge >= 0.3 is 11.8 Å². The smallest absolute Gasteiger partial charge is 0.318 e. The summed E-state index contributed by atoms with van der Waals surface area (Å²) in [5, 5.41) is 6.73. The molecule has 23 heavy (non-hydrogen) atoms. The Morgan fingerprint density at radius 3 is 2.52 bits per heavy atom. The second kappa shape index (κ2) is 8.10. The molecule has 0 heterocycles. The van der Waals surface area contributed by atoms with E-state index in [-0.39, 0.29) is 5.92 Å². The number of halogens is 1. The van der Waals surface area contributed by atoms with Crippen LogP contribution in [0.3, 0.4) is 0 Å². The lowest BCUT2D eigenvalue weighted by Crippen LogP contribution is -2.32. The zero-order valence-electron chi connectivity index (χ0n) is 12.5. The molecule has 1 atom stereocenters. The van der Waals surface area contributed by atoms with Gasteiger partial charge in [0.25, 0.3) is 0 Å². The molecule has 0 bridgehead atoms. The summed E-state index contributed by atoms with van der Waals surface area (Å²) in [6.45, 7) is 1.94. The maximum absolute atomic E-state index is 11.7. The summed E-state index contributed by atoms with van der Waals surface area (Å²) in [5.74, 6) is -1.63. The fraction of sp³-hybridized carbons (Fsp3) is 0.118. The highest BCUT2D eigenvalue weighted by molar-refractivity contribution is 6.39. The second-order valence-corrected chi connectivity index (χ2v) is 5.32. The number of anilines is 1. The predicted octanol–water partition coefficient (Wildman–Crippen LogP) is 3.18. The van der Waals surface area contributed by atoms with E-state index in [1.54, 1.807) is 30.5 Å². The van der Waals surface area contributed by atoms with Gasteiger partial charge in [-0.15, -0.1) is 0 Å². The van der Waals surface area contributed by atoms with E-state index < -0.39 is 11.8 Å². The zero-order valence-corrected chi connectivity index (χ0v) is 13.2. The van der Waals surface area contributed by atoms with E-state index in [1.165, 1.54) is 0 Å². The molecule has 0 radical (unpaired) electrons. The van der Waals surface area contributed by atoms with Gasteiger partial charge in [-0.3, -0.25) is 9.59 Å². The van der Waals surface area contributed by atoms with Gasteiger partial charge in [0, 0.05) is 22.8 Å². The van der Waals surface area contributed by atoms with E-state index in [9.17, 15) is 9.59 Å². The number of nitrogens with zero attached hydrogens (tertiary/aromatic N) is 1. The lowest BCUT2D eigenvalue weighted by atomic mass is 10.0. The summed E-state index contributed by atoms with van der Waals surface area (Å²) in [4.78, 5) is 23.4. The number of benzene rings is 2. The minimum Gasteiger partial charge on any atom is -0.318 e. The van der Waals surface area contributed by atoms with Crippen molar-refractivity contribution in [1.82, 2.24) is 5.43 Å². The van der Waals surface area contributed by atoms with E-state index in [2.05, 4.69) is 15.8 Å². The third kappa shape index (κ3) is 5.23. The summed E-state index contributed by atoms with van der Waals surface area (Å²) in [7, 11) is 0. The maximum Gasteiger partial charge on any atom is 0.329 e. The van der Waals surface area contributed by atoms with Crippen molar-refractivity contribution in [3.63, 3.8) is 0 Å². The Morgan fingerprint density at radius 1 is 1.09 bits per heavy atom. The monoisotopic (exact) mass is 329 g/mol. The van der Waals surface area contributed by atoms with Crippen molar-refractivity contribution in [2.75, 3.05) is 5.32 Å². The Balaban J connectivity index is 1.86. The van der Waals surface area contributed by atoms with Gasteiger partial charge in [0.05, 0.1) is 0 Å². The maximum atomic E-state index is 11.7. The molecule has 2 rings (SSSR count). The molecule has 0 aliphatic carbocycles. The average molecular weight is 330 g/mol. The lowest BCUT2D eigenvalue weighted by molar-refractivity contribution is -0.136. The Labute approximate surface area is 139 Å². The molecule has 6 heteroatoms. The van der Waals surface area contributed by atoms with Crippen LogP contribution in [0.15, 0.2) is 59.7 Å². The number of hydrogen-bond acceptors (Lipinski definition) is 3. The van der Waals surface area contributed by atoms with Crippen LogP contribution in [0.2, 0.25) is 5.02 Å². The molecule has 2 amide bonds. The highest BCUT2D eigenvalue weighted by atomic mass is 35.5. The molecule has 2 N–H and O–H groups in total. The standard InChI is InChI=1S/C17H16ClN3O2/c1-12(13-6-3-2-4-7-13)11-19-21-17(23)16(22)20-15-9-5-8-14(18)10-15/h2-12H,1H3,(H,20,22)(H,21,23)/b19-11+. The molecule has 0 spiro atoms. The van der Waals surface area contributed by atoms with Crippen molar-refractivity contribution in [2.45, 2.75) is 12.8 Å². The molecule has 2 aromatic carbocycles. The van der Waals surface area contributed by atoms with Crippen molar-refractivity contribution in [3.05, 3.63) is 65.2 Å². The first-order chi connectivity index (χ1) is 11.1. The molecule has 1 unspecified atom stereocenters. The quantitative estimate of drug-likeness (QED) is 0.514. The minimum atomic E-state index is -0.846. The molecule has 0 saturated carbocycles. The summed E-state index contributed by atoms with van der Waals surface area (Å²) >= 11 is 5.81. The van der Waals surface area contributed by atoms with Crippen molar-refractivity contribution in [2.24, 2.45) is 5.10 Å². The number of nitrogens with one attached hydrogen (secondary N) is 2. The number of amides is 2. The SMILES string of the molecule is CC(/C=N/NC(=O)C(=O)Nc1cccc(Cl)c1)c1ccccc1. The van der Waals surface area contributed by atoms with Gasteiger partial charge in [-0.05, 0) is 23.8 Å². The third-order valence-electron chi connectivity index (χ3n) is 3.08. The van der Waals surface area contributed by atoms with Crippen LogP contribution in [0.5, 0.6) is 0 Å². The van der Waals surface area contributed by atoms with Gasteiger partial charge in [-0.25, -0.2) is 5.43 Å². The highest BCUT2D eigenvalue weighted by Crippen LogP contribution is 2.14. The molecule has 0 aliphatic heterocycles. The van der Waals surface area contributed by atoms with Gasteiger partial charge in [0.15, 0.2) is 0 Å². The minimum absolute atomic E-state index is 0.0208. The van der Waals surface area contributed by atoms with Crippen LogP contribution in [-0.2, 0) is 9.59 Å². The molecular weight excluding hydrogens is 314 g/mol. The van der Waals surface area contributed by atoms with E-state index in [1.807, 2.05) is 37.3 Å². The molecule has 0 aromatic heterocycles. The average Bonchev–Trinajstić information content (AvgIpc) is 2.55. The van der Waals surface area contributed by atoms with E-state index >= 15 is 0 Å². The third-order valence-corrected chi connectivity index (χ3v) is 3.31. The largest absolute Gasteiger partial charge is 0.329 e. The molecule has 2 aromatic rings. The van der Waals surface area contributed by atoms with Gasteiger partial charge in [0.1, 0.15) is 0 Å². The summed E-state index contributed by atoms with van der Waals surface area (Å²) in [5.41, 5.74) is 3.71. The first-order valence-corrected chi connectivity index (χ1v) is 7.39. The molecule has 0 aliphatic rings. The predicted molar refractivity (Wildman–Crippen MR) is 91.6 cm³/mol. The fourth-order valence-corrected chi connectivity index (χ4v) is 2.05. The topological polar surface area (TPSA) is 70.6 Å². The Morgan fingerprint density at radius 2 is 1.83 bits per heavy atom. The Bertz CT molecular complexity index is 717. The number of carbonyl (C=O) groups excluding carboxylic acids is 2. The van der Waals surface area contributed by atoms with Crippen molar-refractivity contribution >= 4 is 35.3 Å². The first kappa shape index (κ1) is 16.7. The van der Waals surface area contributed by atoms with E-state index in [0.717, 1.165) is 5.56 Å². The summed E-state index contributed by atoms with van der Waals surface area (Å²) < 4.78 is 0. The van der Waals surface area contributed by atoms with Gasteiger partial charge in [-0.1, -0.05) is 54.9 Å². The van der Waals surface area contributed by atoms with Crippen molar-refractivity contribution < 1.29 is 9.59 Å². The normalized spacial score (nSPS) is 11.9. The van der Waals surface area contributed by atoms with Crippen LogP contribution in [-0.4, -0.2) is 18.0 Å². The van der Waals surface area contributed by atoms with E-state index in [4.69, 9.17) is 11.6 Å². The Kier molecular flexibility index (Phi) is 5.88. The lowest BCUT2D eigenvalue weighted by Gasteiger charge is -2.06. The highest BCUT2D eigenvalue weighted by Gasteiger charge is 2.13. The van der Waals surface area contributed by atoms with Gasteiger partial charge in [0.2, 0.25) is 0 Å². The van der Waals surface area contributed by atoms with Gasteiger partial charge in [-0.2, -0.15) is 5.10 Å². The number of carbonyl (C=O) groups is 2. The fourth-order valence-electron chi connectivity index (χ4n) is 1.86. The van der Waals surface area contributed by atoms with Crippen LogP contribution >= 0.6 is 11.6 Å². The molecule has 0 fully saturated rings. The van der Waals surface area contributed by atoms with Gasteiger partial charge < -0.3 is 5.32 Å². The van der Waals surface area contributed by atoms with Crippen molar-refractivity contribution in [3.8, 4) is 0 Å². The summed E-state index contributed by atoms with van der Waals surface area (Å²) in [6.07, 6.45) is 1.57. The molecule has 5 nitrogen and oxygen atoms in total. The van der Waals surface area contributed by atoms with Crippen LogP contribution in [0.4, 0.5) is 5.69 Å². The number of hydrogen-bond donors (Lipinski definition) is 2. The molecule has 118 valence electrons. The second-order valence-electron chi connectivity index (χ2n) is 4.88. The number of hydrazone groups is 1. The first-order valence-electron chi connectivity index (χ1n) is 7.01. The number of rotatable bonds is 4. The molecule has 0 saturated heterocycles. The van der Waals surface area contributed by atoms with Crippen LogP contribution in [0.25, 0.3) is 0 Å². The van der Waals surface area contributed by atoms with Crippen molar-refractivity contribution in [1.29, 1.82) is 0 Å². The van der Waals surface area contributed by atoms with Crippen LogP contribution in [0.1, 0.15) is 18.4 Å². The Hall–Kier alpha value is -2.66. The van der Waals surface area contributed by atoms with Crippen LogP contribution < -0.4 is 10.7 Å². The molecular formula is C17H16ClN3O2. The van der Waals surface area contributed by atoms with E-state index in [0.29, 0.717) is 10.7 Å². The van der Waals surface area contributed by atoms with Crippen LogP contribution in [0, 0.1) is 0 Å². The summed E-state index contributed by atoms with van der Waals surface area (Å²) in [6, 6.07) is 16.2. The zero-order chi connectivity index (χ0) is 16.7.